The number of rotatable bonds is 10. The minimum absolute atomic E-state index is 0.0970. The lowest BCUT2D eigenvalue weighted by atomic mass is 10.1. The van der Waals surface area contributed by atoms with Crippen molar-refractivity contribution in [2.45, 2.75) is 12.4 Å². The Morgan fingerprint density at radius 2 is 1.04 bits per heavy atom. The number of carboxylic acids is 1. The molecule has 5 N–H and O–H groups in total. The Morgan fingerprint density at radius 3 is 1.40 bits per heavy atom. The quantitative estimate of drug-likeness (QED) is 0.0876. The second kappa shape index (κ2) is 16.1. The van der Waals surface area contributed by atoms with Gasteiger partial charge in [-0.1, -0.05) is 24.3 Å². The summed E-state index contributed by atoms with van der Waals surface area (Å²) in [5.41, 5.74) is 0.406. The van der Waals surface area contributed by atoms with Gasteiger partial charge in [-0.05, 0) is 48.5 Å². The minimum Gasteiger partial charge on any atom is -0.477 e. The van der Waals surface area contributed by atoms with E-state index in [1.165, 1.54) is 67.3 Å². The average Bonchev–Trinajstić information content (AvgIpc) is 3.81. The van der Waals surface area contributed by atoms with Crippen molar-refractivity contribution in [3.05, 3.63) is 120 Å². The monoisotopic (exact) mass is 741 g/mol. The molecule has 0 unspecified atom stereocenters. The molecule has 0 saturated heterocycles. The van der Waals surface area contributed by atoms with Crippen LogP contribution in [0.1, 0.15) is 32.1 Å². The highest BCUT2D eigenvalue weighted by molar-refractivity contribution is 5.92. The summed E-state index contributed by atoms with van der Waals surface area (Å²) in [5.74, 6) is -0.982. The molecule has 0 aliphatic carbocycles. The standard InChI is InChI=1S/C18H15F3N4O3.C16H10F3N3O3/c19-18(20,21)12-3-1-11(2-4-12)15-10-24-17(28-15)25-13-5-6-14(23-9-13)16(27)22-7-8-26;17-16(18,19)10-3-1-9(2-4-10)13-8-21-15(25-13)22-11-5-6-12(14(23)24)20-7-11/h1-6,9-10,26H,7-8H2,(H,22,27)(H,24,25);1-8H,(H,21,22)(H,23,24). The largest absolute Gasteiger partial charge is 0.477 e. The highest BCUT2D eigenvalue weighted by Crippen LogP contribution is 2.33. The van der Waals surface area contributed by atoms with E-state index in [1.54, 1.807) is 6.07 Å². The fraction of sp³-hybridized carbons (Fsp3) is 0.118. The van der Waals surface area contributed by atoms with E-state index >= 15 is 0 Å². The van der Waals surface area contributed by atoms with E-state index in [9.17, 15) is 35.9 Å². The van der Waals surface area contributed by atoms with E-state index in [0.29, 0.717) is 28.3 Å². The van der Waals surface area contributed by atoms with Crippen LogP contribution in [0.15, 0.2) is 106 Å². The molecule has 13 nitrogen and oxygen atoms in total. The molecular formula is C34H25F6N7O6. The number of nitrogens with zero attached hydrogens (tertiary/aromatic N) is 4. The molecule has 0 radical (unpaired) electrons. The third-order valence-electron chi connectivity index (χ3n) is 6.88. The van der Waals surface area contributed by atoms with Gasteiger partial charge >= 0.3 is 18.3 Å². The zero-order chi connectivity index (χ0) is 38.2. The minimum atomic E-state index is -4.40. The summed E-state index contributed by atoms with van der Waals surface area (Å²) in [6.45, 7) is -0.0413. The van der Waals surface area contributed by atoms with E-state index in [2.05, 4.69) is 35.9 Å². The van der Waals surface area contributed by atoms with E-state index in [-0.39, 0.29) is 42.3 Å². The molecule has 4 heterocycles. The van der Waals surface area contributed by atoms with Crippen LogP contribution in [-0.2, 0) is 12.4 Å². The van der Waals surface area contributed by atoms with Gasteiger partial charge in [-0.15, -0.1) is 0 Å². The maximum Gasteiger partial charge on any atom is 0.416 e. The van der Waals surface area contributed by atoms with Gasteiger partial charge in [-0.2, -0.15) is 26.3 Å². The second-order valence-electron chi connectivity index (χ2n) is 10.6. The zero-order valence-corrected chi connectivity index (χ0v) is 26.7. The van der Waals surface area contributed by atoms with E-state index in [0.717, 1.165) is 24.3 Å². The number of pyridine rings is 2. The molecule has 6 rings (SSSR count). The Morgan fingerprint density at radius 1 is 0.604 bits per heavy atom. The Balaban J connectivity index is 0.000000206. The first kappa shape index (κ1) is 37.5. The van der Waals surface area contributed by atoms with Gasteiger partial charge in [0.1, 0.15) is 11.4 Å². The summed E-state index contributed by atoms with van der Waals surface area (Å²) in [6.07, 6.45) is -3.36. The number of carboxylic acid groups (broad SMARTS) is 1. The number of aromatic carboxylic acids is 1. The van der Waals surface area contributed by atoms with Crippen LogP contribution in [0.25, 0.3) is 22.6 Å². The highest BCUT2D eigenvalue weighted by Gasteiger charge is 2.31. The van der Waals surface area contributed by atoms with E-state index in [4.69, 9.17) is 19.0 Å². The number of benzene rings is 2. The third-order valence-corrected chi connectivity index (χ3v) is 6.88. The molecule has 0 saturated carbocycles. The normalized spacial score (nSPS) is 11.3. The van der Waals surface area contributed by atoms with Gasteiger partial charge in [-0.3, -0.25) is 4.79 Å². The number of hydrogen-bond acceptors (Lipinski definition) is 11. The molecule has 0 spiro atoms. The van der Waals surface area contributed by atoms with Gasteiger partial charge in [-0.25, -0.2) is 24.7 Å². The molecule has 0 aliphatic rings. The maximum atomic E-state index is 12.6. The second-order valence-corrected chi connectivity index (χ2v) is 10.6. The van der Waals surface area contributed by atoms with Crippen LogP contribution in [0.5, 0.6) is 0 Å². The Bertz CT molecular complexity index is 2130. The summed E-state index contributed by atoms with van der Waals surface area (Å²) in [4.78, 5) is 38.2. The van der Waals surface area contributed by atoms with Gasteiger partial charge in [0.05, 0.1) is 53.9 Å². The van der Waals surface area contributed by atoms with Crippen molar-refractivity contribution in [2.24, 2.45) is 0 Å². The van der Waals surface area contributed by atoms with Crippen molar-refractivity contribution < 1.29 is 55.0 Å². The van der Waals surface area contributed by atoms with Crippen LogP contribution >= 0.6 is 0 Å². The van der Waals surface area contributed by atoms with Gasteiger partial charge in [0.25, 0.3) is 17.9 Å². The number of amides is 1. The third kappa shape index (κ3) is 10.2. The average molecular weight is 742 g/mol. The summed E-state index contributed by atoms with van der Waals surface area (Å²) in [7, 11) is 0. The zero-order valence-electron chi connectivity index (χ0n) is 26.7. The van der Waals surface area contributed by atoms with Crippen LogP contribution in [0.4, 0.5) is 49.7 Å². The van der Waals surface area contributed by atoms with Crippen LogP contribution in [0, 0.1) is 0 Å². The molecular weight excluding hydrogens is 716 g/mol. The van der Waals surface area contributed by atoms with Crippen molar-refractivity contribution in [1.82, 2.24) is 25.3 Å². The van der Waals surface area contributed by atoms with E-state index in [1.807, 2.05) is 0 Å². The SMILES string of the molecule is O=C(NCCO)c1ccc(Nc2ncc(-c3ccc(C(F)(F)F)cc3)o2)cn1.O=C(O)c1ccc(Nc2ncc(-c3ccc(C(F)(F)F)cc3)o2)cn1. The number of carbonyl (C=O) groups is 2. The van der Waals surface area contributed by atoms with Crippen molar-refractivity contribution >= 4 is 35.3 Å². The summed E-state index contributed by atoms with van der Waals surface area (Å²) in [5, 5.41) is 25.6. The number of carbonyl (C=O) groups excluding carboxylic acids is 1. The smallest absolute Gasteiger partial charge is 0.416 e. The lowest BCUT2D eigenvalue weighted by molar-refractivity contribution is -0.138. The molecule has 0 atom stereocenters. The van der Waals surface area contributed by atoms with Gasteiger partial charge in [0.2, 0.25) is 0 Å². The lowest BCUT2D eigenvalue weighted by Crippen LogP contribution is -2.27. The molecule has 19 heteroatoms. The topological polar surface area (TPSA) is 189 Å². The summed E-state index contributed by atoms with van der Waals surface area (Å²) >= 11 is 0. The van der Waals surface area contributed by atoms with E-state index < -0.39 is 35.4 Å². The first-order valence-electron chi connectivity index (χ1n) is 15.0. The highest BCUT2D eigenvalue weighted by atomic mass is 19.4. The maximum absolute atomic E-state index is 12.6. The van der Waals surface area contributed by atoms with Crippen LogP contribution < -0.4 is 16.0 Å². The fourth-order valence-corrected chi connectivity index (χ4v) is 4.28. The molecule has 274 valence electrons. The van der Waals surface area contributed by atoms with Crippen LogP contribution in [0.3, 0.4) is 0 Å². The lowest BCUT2D eigenvalue weighted by Gasteiger charge is -2.06. The van der Waals surface area contributed by atoms with Crippen molar-refractivity contribution in [3.8, 4) is 22.6 Å². The number of nitrogens with one attached hydrogen (secondary N) is 3. The molecule has 0 aliphatic heterocycles. The molecule has 1 amide bonds. The Hall–Kier alpha value is -6.76. The first-order valence-corrected chi connectivity index (χ1v) is 15.0. The fourth-order valence-electron chi connectivity index (χ4n) is 4.28. The first-order chi connectivity index (χ1) is 25.2. The Kier molecular flexibility index (Phi) is 11.4. The van der Waals surface area contributed by atoms with Crippen LogP contribution in [0.2, 0.25) is 0 Å². The number of anilines is 4. The molecule has 0 fully saturated rings. The number of alkyl halides is 6. The van der Waals surface area contributed by atoms with Gasteiger partial charge in [0, 0.05) is 17.7 Å². The van der Waals surface area contributed by atoms with Crippen LogP contribution in [-0.4, -0.2) is 55.2 Å². The van der Waals surface area contributed by atoms with Crippen molar-refractivity contribution in [3.63, 3.8) is 0 Å². The molecule has 53 heavy (non-hydrogen) atoms. The number of oxazole rings is 2. The van der Waals surface area contributed by atoms with Crippen molar-refractivity contribution in [2.75, 3.05) is 23.8 Å². The molecule has 6 aromatic rings. The summed E-state index contributed by atoms with van der Waals surface area (Å²) in [6, 6.07) is 15.1. The number of halogens is 6. The van der Waals surface area contributed by atoms with Gasteiger partial charge in [0.15, 0.2) is 11.5 Å². The number of aromatic nitrogens is 4. The Labute approximate surface area is 294 Å². The van der Waals surface area contributed by atoms with Gasteiger partial charge < -0.3 is 35.0 Å². The summed E-state index contributed by atoms with van der Waals surface area (Å²) < 4.78 is 86.5. The number of aliphatic hydroxyl groups excluding tert-OH is 1. The molecule has 4 aromatic heterocycles. The molecule has 0 bridgehead atoms. The van der Waals surface area contributed by atoms with Crippen molar-refractivity contribution in [1.29, 1.82) is 0 Å². The predicted octanol–water partition coefficient (Wildman–Crippen LogP) is 7.42. The predicted molar refractivity (Wildman–Crippen MR) is 175 cm³/mol. The molecule has 2 aromatic carbocycles. The number of hydrogen-bond donors (Lipinski definition) is 5. The number of aliphatic hydroxyl groups is 1.